The van der Waals surface area contributed by atoms with E-state index in [1.165, 1.54) is 0 Å². The molecule has 0 fully saturated rings. The molecule has 3 nitrogen and oxygen atoms in total. The summed E-state index contributed by atoms with van der Waals surface area (Å²) in [7, 11) is 0. The van der Waals surface area contributed by atoms with E-state index in [-0.39, 0.29) is 12.4 Å². The van der Waals surface area contributed by atoms with Gasteiger partial charge in [0.2, 0.25) is 6.33 Å². The quantitative estimate of drug-likeness (QED) is 0.417. The number of hydrogen-bond acceptors (Lipinski definition) is 2. The molecule has 9 heavy (non-hydrogen) atoms. The maximum atomic E-state index is 4.00. The summed E-state index contributed by atoms with van der Waals surface area (Å²) < 4.78 is 1.87. The predicted octanol–water partition coefficient (Wildman–Crippen LogP) is -2.79. The van der Waals surface area contributed by atoms with Gasteiger partial charge in [0.15, 0.2) is 0 Å². The molecule has 2 aromatic rings. The largest absolute Gasteiger partial charge is 1.00 e. The summed E-state index contributed by atoms with van der Waals surface area (Å²) in [6, 6.07) is 0. The lowest BCUT2D eigenvalue weighted by atomic mass is 11.0. The lowest BCUT2D eigenvalue weighted by molar-refractivity contribution is -0.573. The highest BCUT2D eigenvalue weighted by Crippen LogP contribution is 1.96. The zero-order valence-corrected chi connectivity index (χ0v) is 5.99. The van der Waals surface area contributed by atoms with Crippen molar-refractivity contribution in [2.45, 2.75) is 0 Å². The molecule has 0 unspecified atom stereocenters. The minimum atomic E-state index is 0. The molecule has 0 aliphatic carbocycles. The van der Waals surface area contributed by atoms with Crippen LogP contribution in [0, 0.1) is 0 Å². The van der Waals surface area contributed by atoms with E-state index in [1.54, 1.807) is 17.7 Å². The summed E-state index contributed by atoms with van der Waals surface area (Å²) in [5.41, 5.74) is 0. The maximum Gasteiger partial charge on any atom is 0.407 e. The monoisotopic (exact) mass is 161 g/mol. The standard InChI is InChI=1S/C4H3N3S.ClH/c1-2-8-4-5-3-6-7(1)4;/h1-3H;1H. The Hall–Kier alpha value is -0.610. The molecule has 0 aliphatic rings. The van der Waals surface area contributed by atoms with Crippen molar-refractivity contribution >= 4 is 16.3 Å². The lowest BCUT2D eigenvalue weighted by Gasteiger charge is -1.60. The van der Waals surface area contributed by atoms with Gasteiger partial charge in [-0.25, -0.2) is 0 Å². The van der Waals surface area contributed by atoms with Crippen LogP contribution < -0.4 is 16.9 Å². The van der Waals surface area contributed by atoms with Gasteiger partial charge in [-0.1, -0.05) is 0 Å². The predicted molar refractivity (Wildman–Crippen MR) is 29.6 cm³/mol. The number of H-pyrrole nitrogens is 1. The van der Waals surface area contributed by atoms with Crippen LogP contribution in [0.25, 0.3) is 4.96 Å². The number of aromatic nitrogens is 3. The third-order valence-electron chi connectivity index (χ3n) is 0.961. The van der Waals surface area contributed by atoms with E-state index >= 15 is 0 Å². The van der Waals surface area contributed by atoms with E-state index in [1.807, 2.05) is 16.1 Å². The number of aromatic amines is 1. The second-order valence-corrected chi connectivity index (χ2v) is 2.32. The maximum absolute atomic E-state index is 4.00. The van der Waals surface area contributed by atoms with Crippen LogP contribution in [0.15, 0.2) is 17.9 Å². The van der Waals surface area contributed by atoms with Gasteiger partial charge in [-0.3, -0.25) is 0 Å². The second-order valence-electron chi connectivity index (χ2n) is 1.44. The number of fused-ring (bicyclic) bond motifs is 1. The number of nitrogens with zero attached hydrogens (tertiary/aromatic N) is 2. The van der Waals surface area contributed by atoms with Crippen LogP contribution in [-0.2, 0) is 0 Å². The number of halogens is 1. The molecule has 0 saturated carbocycles. The van der Waals surface area contributed by atoms with Crippen LogP contribution in [0.3, 0.4) is 0 Å². The van der Waals surface area contributed by atoms with Crippen molar-refractivity contribution in [3.8, 4) is 0 Å². The summed E-state index contributed by atoms with van der Waals surface area (Å²) in [6.07, 6.45) is 3.61. The first kappa shape index (κ1) is 6.51. The lowest BCUT2D eigenvalue weighted by Crippen LogP contribution is -3.00. The fourth-order valence-corrected chi connectivity index (χ4v) is 1.25. The van der Waals surface area contributed by atoms with Crippen molar-refractivity contribution in [1.29, 1.82) is 0 Å². The van der Waals surface area contributed by atoms with Gasteiger partial charge in [0.05, 0.1) is 0 Å². The molecule has 0 aliphatic heterocycles. The summed E-state index contributed by atoms with van der Waals surface area (Å²) in [6.45, 7) is 0. The van der Waals surface area contributed by atoms with Gasteiger partial charge in [0.25, 0.3) is 0 Å². The average molecular weight is 162 g/mol. The van der Waals surface area contributed by atoms with Gasteiger partial charge in [-0.15, -0.1) is 4.52 Å². The Bertz CT molecular complexity index is 237. The van der Waals surface area contributed by atoms with E-state index in [0.29, 0.717) is 0 Å². The Morgan fingerprint density at radius 2 is 2.56 bits per heavy atom. The number of hydrogen-bond donors (Lipinski definition) is 1. The fraction of sp³-hybridized carbons (Fsp3) is 0. The van der Waals surface area contributed by atoms with Gasteiger partial charge in [0, 0.05) is 5.38 Å². The minimum Gasteiger partial charge on any atom is -1.00 e. The molecular formula is C4H4ClN3S. The third kappa shape index (κ3) is 0.906. The first-order valence-corrected chi connectivity index (χ1v) is 3.13. The van der Waals surface area contributed by atoms with Crippen LogP contribution in [0.4, 0.5) is 0 Å². The topological polar surface area (TPSA) is 32.8 Å². The van der Waals surface area contributed by atoms with E-state index < -0.39 is 0 Å². The summed E-state index contributed by atoms with van der Waals surface area (Å²) in [5.74, 6) is 0. The number of thiazole rings is 1. The smallest absolute Gasteiger partial charge is 0.407 e. The number of nitrogens with one attached hydrogen (secondary N) is 1. The van der Waals surface area contributed by atoms with E-state index in [0.717, 1.165) is 4.96 Å². The van der Waals surface area contributed by atoms with Crippen LogP contribution in [0.5, 0.6) is 0 Å². The average Bonchev–Trinajstić information content (AvgIpc) is 2.15. The van der Waals surface area contributed by atoms with Gasteiger partial charge >= 0.3 is 4.96 Å². The third-order valence-corrected chi connectivity index (χ3v) is 1.73. The zero-order chi connectivity index (χ0) is 5.40. The van der Waals surface area contributed by atoms with E-state index in [4.69, 9.17) is 0 Å². The summed E-state index contributed by atoms with van der Waals surface area (Å²) >= 11 is 1.61. The Labute approximate surface area is 61.8 Å². The molecule has 0 bridgehead atoms. The molecule has 0 atom stereocenters. The molecular weight excluding hydrogens is 158 g/mol. The molecule has 2 rings (SSSR count). The minimum absolute atomic E-state index is 0. The molecule has 1 N–H and O–H groups in total. The molecule has 2 heterocycles. The SMILES string of the molecule is [Cl-].c1nc2scc[n+]2[nH]1. The molecule has 0 radical (unpaired) electrons. The van der Waals surface area contributed by atoms with Crippen molar-refractivity contribution in [1.82, 2.24) is 10.1 Å². The Kier molecular flexibility index (Phi) is 1.68. The van der Waals surface area contributed by atoms with Gasteiger partial charge in [-0.2, -0.15) is 5.10 Å². The van der Waals surface area contributed by atoms with Crippen molar-refractivity contribution in [3.05, 3.63) is 17.9 Å². The Balaban J connectivity index is 0.000000405. The van der Waals surface area contributed by atoms with E-state index in [9.17, 15) is 0 Å². The first-order chi connectivity index (χ1) is 3.97. The van der Waals surface area contributed by atoms with Crippen LogP contribution in [0.1, 0.15) is 0 Å². The van der Waals surface area contributed by atoms with Crippen molar-refractivity contribution in [3.63, 3.8) is 0 Å². The van der Waals surface area contributed by atoms with Crippen molar-refractivity contribution < 1.29 is 16.9 Å². The molecule has 0 amide bonds. The molecule has 0 saturated heterocycles. The normalized spacial score (nSPS) is 9.33. The summed E-state index contributed by atoms with van der Waals surface area (Å²) in [5, 5.41) is 4.90. The van der Waals surface area contributed by atoms with Gasteiger partial charge < -0.3 is 12.4 Å². The number of rotatable bonds is 0. The van der Waals surface area contributed by atoms with E-state index in [2.05, 4.69) is 10.1 Å². The Morgan fingerprint density at radius 1 is 1.67 bits per heavy atom. The highest BCUT2D eigenvalue weighted by Gasteiger charge is 2.01. The molecule has 0 aromatic carbocycles. The van der Waals surface area contributed by atoms with Crippen LogP contribution >= 0.6 is 11.3 Å². The van der Waals surface area contributed by atoms with Crippen LogP contribution in [-0.4, -0.2) is 10.1 Å². The van der Waals surface area contributed by atoms with Crippen LogP contribution in [0.2, 0.25) is 0 Å². The van der Waals surface area contributed by atoms with Crippen molar-refractivity contribution in [2.24, 2.45) is 0 Å². The van der Waals surface area contributed by atoms with Gasteiger partial charge in [-0.05, 0) is 16.3 Å². The fourth-order valence-electron chi connectivity index (χ4n) is 0.610. The molecule has 2 aromatic heterocycles. The van der Waals surface area contributed by atoms with Gasteiger partial charge in [0.1, 0.15) is 6.20 Å². The Morgan fingerprint density at radius 3 is 3.33 bits per heavy atom. The van der Waals surface area contributed by atoms with Crippen molar-refractivity contribution in [2.75, 3.05) is 0 Å². The summed E-state index contributed by atoms with van der Waals surface area (Å²) in [4.78, 5) is 5.01. The highest BCUT2D eigenvalue weighted by molar-refractivity contribution is 7.14. The molecule has 5 heteroatoms. The highest BCUT2D eigenvalue weighted by atomic mass is 35.5. The molecule has 48 valence electrons. The second kappa shape index (κ2) is 2.33. The zero-order valence-electron chi connectivity index (χ0n) is 4.41. The first-order valence-electron chi connectivity index (χ1n) is 2.25. The molecule has 0 spiro atoms.